The third kappa shape index (κ3) is 4.74. The Bertz CT molecular complexity index is 1140. The minimum Gasteiger partial charge on any atom is -0.478 e. The van der Waals surface area contributed by atoms with E-state index in [1.165, 1.54) is 24.3 Å². The molecule has 0 spiro atoms. The van der Waals surface area contributed by atoms with Crippen molar-refractivity contribution in [3.8, 4) is 11.3 Å². The van der Waals surface area contributed by atoms with Crippen LogP contribution in [0.25, 0.3) is 11.3 Å². The summed E-state index contributed by atoms with van der Waals surface area (Å²) in [4.78, 5) is 34.0. The molecule has 1 amide bonds. The van der Waals surface area contributed by atoms with E-state index in [2.05, 4.69) is 22.2 Å². The quantitative estimate of drug-likeness (QED) is 0.610. The normalized spacial score (nSPS) is 14.2. The lowest BCUT2D eigenvalue weighted by molar-refractivity contribution is 0.0685. The number of amides is 1. The number of hydrogen-bond acceptors (Lipinski definition) is 5. The Morgan fingerprint density at radius 1 is 1.09 bits per heavy atom. The van der Waals surface area contributed by atoms with Crippen LogP contribution in [0.4, 0.5) is 16.0 Å². The summed E-state index contributed by atoms with van der Waals surface area (Å²) in [5.41, 5.74) is 1.97. The maximum absolute atomic E-state index is 14.7. The van der Waals surface area contributed by atoms with E-state index in [0.29, 0.717) is 30.4 Å². The minimum atomic E-state index is -1.000. The Hall–Kier alpha value is -3.81. The number of carbonyl (C=O) groups excluding carboxylic acids is 1. The number of nitrogens with zero attached hydrogens (tertiary/aromatic N) is 3. The molecule has 0 aliphatic carbocycles. The molecule has 3 aromatic rings. The van der Waals surface area contributed by atoms with Crippen molar-refractivity contribution in [3.63, 3.8) is 0 Å². The zero-order valence-electron chi connectivity index (χ0n) is 17.6. The van der Waals surface area contributed by atoms with Crippen molar-refractivity contribution in [2.75, 3.05) is 18.4 Å². The van der Waals surface area contributed by atoms with Crippen molar-refractivity contribution < 1.29 is 19.1 Å². The molecular weight excluding hydrogens is 411 g/mol. The van der Waals surface area contributed by atoms with Gasteiger partial charge < -0.3 is 15.3 Å². The van der Waals surface area contributed by atoms with E-state index >= 15 is 0 Å². The SMILES string of the molecule is CC1CCN(C(=O)c2ccc(Nc3nccc(-c4ccc(C(=O)O)cc4)n3)cc2F)CC1. The summed E-state index contributed by atoms with van der Waals surface area (Å²) in [6.45, 7) is 3.45. The highest BCUT2D eigenvalue weighted by Crippen LogP contribution is 2.23. The van der Waals surface area contributed by atoms with Crippen molar-refractivity contribution in [1.82, 2.24) is 14.9 Å². The van der Waals surface area contributed by atoms with Crippen molar-refractivity contribution in [2.24, 2.45) is 5.92 Å². The topological polar surface area (TPSA) is 95.4 Å². The molecule has 164 valence electrons. The van der Waals surface area contributed by atoms with Gasteiger partial charge in [0.15, 0.2) is 0 Å². The highest BCUT2D eigenvalue weighted by atomic mass is 19.1. The number of halogens is 1. The van der Waals surface area contributed by atoms with Gasteiger partial charge in [-0.05, 0) is 55.2 Å². The zero-order chi connectivity index (χ0) is 22.7. The van der Waals surface area contributed by atoms with Gasteiger partial charge in [0, 0.05) is 30.5 Å². The molecule has 1 aliphatic rings. The second-order valence-corrected chi connectivity index (χ2v) is 7.94. The number of carboxylic acid groups (broad SMARTS) is 1. The molecule has 0 radical (unpaired) electrons. The Kier molecular flexibility index (Phi) is 6.11. The molecular formula is C24H23FN4O3. The van der Waals surface area contributed by atoms with Crippen LogP contribution in [-0.4, -0.2) is 44.9 Å². The Morgan fingerprint density at radius 2 is 1.81 bits per heavy atom. The molecule has 1 aliphatic heterocycles. The number of piperidine rings is 1. The summed E-state index contributed by atoms with van der Waals surface area (Å²) in [7, 11) is 0. The number of aromatic carboxylic acids is 1. The van der Waals surface area contributed by atoms with Gasteiger partial charge in [-0.1, -0.05) is 19.1 Å². The molecule has 32 heavy (non-hydrogen) atoms. The number of hydrogen-bond donors (Lipinski definition) is 2. The lowest BCUT2D eigenvalue weighted by Gasteiger charge is -2.30. The molecule has 2 aromatic carbocycles. The van der Waals surface area contributed by atoms with Crippen LogP contribution in [0.3, 0.4) is 0 Å². The van der Waals surface area contributed by atoms with Gasteiger partial charge in [-0.15, -0.1) is 0 Å². The molecule has 7 nitrogen and oxygen atoms in total. The predicted molar refractivity (Wildman–Crippen MR) is 118 cm³/mol. The summed E-state index contributed by atoms with van der Waals surface area (Å²) in [5, 5.41) is 12.0. The largest absolute Gasteiger partial charge is 0.478 e. The van der Waals surface area contributed by atoms with Gasteiger partial charge in [0.1, 0.15) is 5.82 Å². The third-order valence-electron chi connectivity index (χ3n) is 5.61. The first-order chi connectivity index (χ1) is 15.4. The van der Waals surface area contributed by atoms with E-state index in [4.69, 9.17) is 5.11 Å². The number of likely N-dealkylation sites (tertiary alicyclic amines) is 1. The lowest BCUT2D eigenvalue weighted by Crippen LogP contribution is -2.38. The maximum Gasteiger partial charge on any atom is 0.335 e. The van der Waals surface area contributed by atoms with Crippen LogP contribution in [-0.2, 0) is 0 Å². The van der Waals surface area contributed by atoms with Crippen molar-refractivity contribution in [2.45, 2.75) is 19.8 Å². The van der Waals surface area contributed by atoms with E-state index in [1.807, 2.05) is 0 Å². The number of nitrogens with one attached hydrogen (secondary N) is 1. The molecule has 2 N–H and O–H groups in total. The fraction of sp³-hybridized carbons (Fsp3) is 0.250. The second kappa shape index (κ2) is 9.13. The van der Waals surface area contributed by atoms with E-state index in [9.17, 15) is 14.0 Å². The summed E-state index contributed by atoms with van der Waals surface area (Å²) in [5.74, 6) is -1.04. The molecule has 0 atom stereocenters. The Balaban J connectivity index is 1.48. The second-order valence-electron chi connectivity index (χ2n) is 7.94. The average molecular weight is 434 g/mol. The minimum absolute atomic E-state index is 0.0540. The fourth-order valence-electron chi connectivity index (χ4n) is 3.64. The lowest BCUT2D eigenvalue weighted by atomic mass is 9.98. The van der Waals surface area contributed by atoms with E-state index in [0.717, 1.165) is 18.4 Å². The number of carboxylic acids is 1. The molecule has 2 heterocycles. The van der Waals surface area contributed by atoms with Gasteiger partial charge in [0.05, 0.1) is 16.8 Å². The van der Waals surface area contributed by atoms with Gasteiger partial charge in [-0.2, -0.15) is 0 Å². The first-order valence-electron chi connectivity index (χ1n) is 10.4. The third-order valence-corrected chi connectivity index (χ3v) is 5.61. The molecule has 8 heteroatoms. The zero-order valence-corrected chi connectivity index (χ0v) is 17.6. The number of aromatic nitrogens is 2. The van der Waals surface area contributed by atoms with Crippen molar-refractivity contribution in [1.29, 1.82) is 0 Å². The fourth-order valence-corrected chi connectivity index (χ4v) is 3.64. The van der Waals surface area contributed by atoms with Crippen LogP contribution in [0, 0.1) is 11.7 Å². The number of rotatable bonds is 5. The first kappa shape index (κ1) is 21.4. The molecule has 1 aromatic heterocycles. The standard InChI is InChI=1S/C24H23FN4O3/c1-15-9-12-29(13-10-15)22(30)19-7-6-18(14-20(19)25)27-24-26-11-8-21(28-24)16-2-4-17(5-3-16)23(31)32/h2-8,11,14-15H,9-10,12-13H2,1H3,(H,31,32)(H,26,27,28). The van der Waals surface area contributed by atoms with Gasteiger partial charge >= 0.3 is 5.97 Å². The van der Waals surface area contributed by atoms with Gasteiger partial charge in [-0.3, -0.25) is 4.79 Å². The molecule has 1 fully saturated rings. The molecule has 0 bridgehead atoms. The monoisotopic (exact) mass is 434 g/mol. The summed E-state index contributed by atoms with van der Waals surface area (Å²) < 4.78 is 14.7. The van der Waals surface area contributed by atoms with Crippen molar-refractivity contribution >= 4 is 23.5 Å². The number of carbonyl (C=O) groups is 2. The summed E-state index contributed by atoms with van der Waals surface area (Å²) >= 11 is 0. The van der Waals surface area contributed by atoms with E-state index in [1.54, 1.807) is 35.4 Å². The summed E-state index contributed by atoms with van der Waals surface area (Å²) in [6.07, 6.45) is 3.42. The van der Waals surface area contributed by atoms with Gasteiger partial charge in [0.2, 0.25) is 5.95 Å². The molecule has 4 rings (SSSR count). The smallest absolute Gasteiger partial charge is 0.335 e. The molecule has 0 saturated carbocycles. The van der Waals surface area contributed by atoms with Gasteiger partial charge in [0.25, 0.3) is 5.91 Å². The van der Waals surface area contributed by atoms with Crippen LogP contribution in [0.5, 0.6) is 0 Å². The van der Waals surface area contributed by atoms with Crippen LogP contribution >= 0.6 is 0 Å². The van der Waals surface area contributed by atoms with Crippen LogP contribution in [0.15, 0.2) is 54.7 Å². The van der Waals surface area contributed by atoms with Gasteiger partial charge in [-0.25, -0.2) is 19.2 Å². The number of anilines is 2. The Morgan fingerprint density at radius 3 is 2.47 bits per heavy atom. The predicted octanol–water partition coefficient (Wildman–Crippen LogP) is 4.60. The van der Waals surface area contributed by atoms with Crippen LogP contribution in [0.1, 0.15) is 40.5 Å². The van der Waals surface area contributed by atoms with Crippen LogP contribution < -0.4 is 5.32 Å². The Labute approximate surface area is 184 Å². The molecule has 1 saturated heterocycles. The maximum atomic E-state index is 14.7. The van der Waals surface area contributed by atoms with E-state index < -0.39 is 11.8 Å². The average Bonchev–Trinajstić information content (AvgIpc) is 2.79. The van der Waals surface area contributed by atoms with Crippen molar-refractivity contribution in [3.05, 3.63) is 71.7 Å². The summed E-state index contributed by atoms with van der Waals surface area (Å²) in [6, 6.07) is 12.4. The van der Waals surface area contributed by atoms with E-state index in [-0.39, 0.29) is 23.0 Å². The number of benzene rings is 2. The highest BCUT2D eigenvalue weighted by Gasteiger charge is 2.23. The molecule has 0 unspecified atom stereocenters. The first-order valence-corrected chi connectivity index (χ1v) is 10.4. The highest BCUT2D eigenvalue weighted by molar-refractivity contribution is 5.95. The van der Waals surface area contributed by atoms with Crippen LogP contribution in [0.2, 0.25) is 0 Å².